The lowest BCUT2D eigenvalue weighted by Gasteiger charge is -2.09. The fourth-order valence-electron chi connectivity index (χ4n) is 2.92. The molecule has 0 atom stereocenters. The van der Waals surface area contributed by atoms with E-state index in [1.807, 2.05) is 6.92 Å². The zero-order valence-corrected chi connectivity index (χ0v) is 17.0. The molecule has 0 aliphatic carbocycles. The number of benzene rings is 1. The van der Waals surface area contributed by atoms with E-state index < -0.39 is 14.9 Å². The van der Waals surface area contributed by atoms with E-state index in [0.29, 0.717) is 40.8 Å². The first kappa shape index (κ1) is 20.9. The van der Waals surface area contributed by atoms with E-state index in [0.717, 1.165) is 6.07 Å². The van der Waals surface area contributed by atoms with Gasteiger partial charge >= 0.3 is 0 Å². The molecule has 0 spiro atoms. The Morgan fingerprint density at radius 3 is 2.80 bits per heavy atom. The molecular weight excluding hydrogens is 408 g/mol. The number of nitrogens with one attached hydrogen (secondary N) is 1. The largest absolute Gasteiger partial charge is 0.277 e. The molecule has 2 heterocycles. The summed E-state index contributed by atoms with van der Waals surface area (Å²) in [7, 11) is -4.14. The minimum absolute atomic E-state index is 0.220. The maximum Gasteiger partial charge on any atom is 0.277 e. The Labute approximate surface area is 172 Å². The summed E-state index contributed by atoms with van der Waals surface area (Å²) in [5, 5.41) is 28.5. The summed E-state index contributed by atoms with van der Waals surface area (Å²) in [6, 6.07) is 8.94. The Balaban J connectivity index is 2.03. The molecule has 0 saturated heterocycles. The van der Waals surface area contributed by atoms with Crippen molar-refractivity contribution in [2.75, 3.05) is 0 Å². The molecule has 154 valence electrons. The van der Waals surface area contributed by atoms with Gasteiger partial charge in [-0.3, -0.25) is 10.1 Å². The predicted octanol–water partition coefficient (Wildman–Crippen LogP) is 2.91. The van der Waals surface area contributed by atoms with Gasteiger partial charge in [-0.1, -0.05) is 19.4 Å². The summed E-state index contributed by atoms with van der Waals surface area (Å²) in [5.41, 5.74) is 2.11. The topological polar surface area (TPSA) is 143 Å². The lowest BCUT2D eigenvalue weighted by atomic mass is 10.1. The van der Waals surface area contributed by atoms with Gasteiger partial charge in [-0.05, 0) is 31.0 Å². The zero-order chi connectivity index (χ0) is 21.9. The summed E-state index contributed by atoms with van der Waals surface area (Å²) in [6.45, 7) is 3.46. The SMILES string of the molecule is CCC/C(=N\NS(=O)(=O)c1cc([N+](=O)[O-])ccc1C)c1cnn2ccc(C#N)cc12. The Bertz CT molecular complexity index is 1300. The third-order valence-corrected chi connectivity index (χ3v) is 5.77. The smallest absolute Gasteiger partial charge is 0.258 e. The first-order valence-electron chi connectivity index (χ1n) is 8.98. The first-order valence-corrected chi connectivity index (χ1v) is 10.5. The molecule has 1 aromatic carbocycles. The highest BCUT2D eigenvalue weighted by atomic mass is 32.2. The average molecular weight is 426 g/mol. The molecule has 1 N–H and O–H groups in total. The van der Waals surface area contributed by atoms with Gasteiger partial charge in [0.25, 0.3) is 15.7 Å². The van der Waals surface area contributed by atoms with Crippen LogP contribution in [-0.2, 0) is 10.0 Å². The summed E-state index contributed by atoms with van der Waals surface area (Å²) in [4.78, 5) is 12.3. The third kappa shape index (κ3) is 4.13. The van der Waals surface area contributed by atoms with Crippen LogP contribution in [0.4, 0.5) is 5.69 Å². The van der Waals surface area contributed by atoms with Gasteiger partial charge in [0.05, 0.1) is 38.9 Å². The number of aryl methyl sites for hydroxylation is 1. The average Bonchev–Trinajstić information content (AvgIpc) is 3.14. The van der Waals surface area contributed by atoms with Gasteiger partial charge in [-0.25, -0.2) is 4.52 Å². The molecule has 2 aromatic heterocycles. The highest BCUT2D eigenvalue weighted by molar-refractivity contribution is 7.89. The number of hydrogen-bond donors (Lipinski definition) is 1. The Hall–Kier alpha value is -3.78. The number of non-ortho nitro benzene ring substituents is 1. The van der Waals surface area contributed by atoms with Crippen molar-refractivity contribution >= 4 is 26.9 Å². The number of nitro benzene ring substituents is 1. The number of aromatic nitrogens is 2. The van der Waals surface area contributed by atoms with Crippen LogP contribution >= 0.6 is 0 Å². The van der Waals surface area contributed by atoms with Gasteiger partial charge in [-0.2, -0.15) is 28.7 Å². The molecule has 0 unspecified atom stereocenters. The van der Waals surface area contributed by atoms with E-state index in [1.54, 1.807) is 36.0 Å². The van der Waals surface area contributed by atoms with Crippen LogP contribution in [0, 0.1) is 28.4 Å². The van der Waals surface area contributed by atoms with Crippen molar-refractivity contribution in [1.29, 1.82) is 5.26 Å². The molecule has 0 fully saturated rings. The van der Waals surface area contributed by atoms with Crippen LogP contribution in [0.25, 0.3) is 5.52 Å². The van der Waals surface area contributed by atoms with Crippen LogP contribution in [0.5, 0.6) is 0 Å². The van der Waals surface area contributed by atoms with E-state index in [-0.39, 0.29) is 10.6 Å². The molecule has 3 aromatic rings. The summed E-state index contributed by atoms with van der Waals surface area (Å²) in [5.74, 6) is 0. The van der Waals surface area contributed by atoms with Crippen LogP contribution in [0.2, 0.25) is 0 Å². The highest BCUT2D eigenvalue weighted by Gasteiger charge is 2.21. The van der Waals surface area contributed by atoms with Crippen molar-refractivity contribution < 1.29 is 13.3 Å². The fourth-order valence-corrected chi connectivity index (χ4v) is 4.01. The molecule has 30 heavy (non-hydrogen) atoms. The first-order chi connectivity index (χ1) is 14.3. The number of nitrogens with zero attached hydrogens (tertiary/aromatic N) is 5. The minimum Gasteiger partial charge on any atom is -0.258 e. The van der Waals surface area contributed by atoms with Gasteiger partial charge < -0.3 is 0 Å². The summed E-state index contributed by atoms with van der Waals surface area (Å²) >= 11 is 0. The van der Waals surface area contributed by atoms with E-state index >= 15 is 0 Å². The maximum absolute atomic E-state index is 12.8. The van der Waals surface area contributed by atoms with E-state index in [2.05, 4.69) is 21.1 Å². The Kier molecular flexibility index (Phi) is 5.79. The van der Waals surface area contributed by atoms with Crippen molar-refractivity contribution in [2.45, 2.75) is 31.6 Å². The van der Waals surface area contributed by atoms with Crippen LogP contribution in [-0.4, -0.2) is 28.7 Å². The van der Waals surface area contributed by atoms with Crippen molar-refractivity contribution in [2.24, 2.45) is 5.10 Å². The molecule has 0 saturated carbocycles. The second-order valence-corrected chi connectivity index (χ2v) is 8.15. The Morgan fingerprint density at radius 1 is 1.37 bits per heavy atom. The monoisotopic (exact) mass is 426 g/mol. The number of hydrogen-bond acceptors (Lipinski definition) is 7. The molecule has 0 aliphatic heterocycles. The molecule has 0 amide bonds. The quantitative estimate of drug-likeness (QED) is 0.349. The lowest BCUT2D eigenvalue weighted by molar-refractivity contribution is -0.385. The molecule has 3 rings (SSSR count). The van der Waals surface area contributed by atoms with Crippen molar-refractivity contribution in [1.82, 2.24) is 14.4 Å². The maximum atomic E-state index is 12.8. The molecule has 0 radical (unpaired) electrons. The second kappa shape index (κ2) is 8.30. The summed E-state index contributed by atoms with van der Waals surface area (Å²) in [6.07, 6.45) is 4.33. The zero-order valence-electron chi connectivity index (χ0n) is 16.2. The number of nitriles is 1. The summed E-state index contributed by atoms with van der Waals surface area (Å²) < 4.78 is 27.1. The normalized spacial score (nSPS) is 12.0. The van der Waals surface area contributed by atoms with Crippen LogP contribution in [0.15, 0.2) is 52.7 Å². The molecular formula is C19H18N6O4S. The van der Waals surface area contributed by atoms with Crippen molar-refractivity contribution in [3.05, 3.63) is 69.5 Å². The fraction of sp³-hybridized carbons (Fsp3) is 0.211. The predicted molar refractivity (Wildman–Crippen MR) is 110 cm³/mol. The third-order valence-electron chi connectivity index (χ3n) is 4.42. The molecule has 10 nitrogen and oxygen atoms in total. The molecule has 11 heteroatoms. The number of fused-ring (bicyclic) bond motifs is 1. The highest BCUT2D eigenvalue weighted by Crippen LogP contribution is 2.22. The van der Waals surface area contributed by atoms with Crippen LogP contribution in [0.1, 0.15) is 36.5 Å². The van der Waals surface area contributed by atoms with Gasteiger partial charge in [0.1, 0.15) is 0 Å². The van der Waals surface area contributed by atoms with E-state index in [4.69, 9.17) is 5.26 Å². The second-order valence-electron chi connectivity index (χ2n) is 6.53. The van der Waals surface area contributed by atoms with Gasteiger partial charge in [-0.15, -0.1) is 0 Å². The molecule has 0 bridgehead atoms. The van der Waals surface area contributed by atoms with E-state index in [1.165, 1.54) is 12.1 Å². The molecule has 0 aliphatic rings. The minimum atomic E-state index is -4.14. The van der Waals surface area contributed by atoms with Crippen LogP contribution in [0.3, 0.4) is 0 Å². The Morgan fingerprint density at radius 2 is 2.13 bits per heavy atom. The van der Waals surface area contributed by atoms with Crippen molar-refractivity contribution in [3.8, 4) is 6.07 Å². The number of sulfonamides is 1. The van der Waals surface area contributed by atoms with E-state index in [9.17, 15) is 18.5 Å². The number of rotatable bonds is 7. The standard InChI is InChI=1S/C19H18N6O4S/c1-3-4-17(16-12-21-24-8-7-14(11-20)9-18(16)24)22-23-30(28,29)19-10-15(25(26)27)6-5-13(19)2/h5-10,12,23H,3-4H2,1-2H3/b22-17+. The van der Waals surface area contributed by atoms with Gasteiger partial charge in [0, 0.05) is 23.9 Å². The number of pyridine rings is 1. The lowest BCUT2D eigenvalue weighted by Crippen LogP contribution is -2.21. The van der Waals surface area contributed by atoms with Gasteiger partial charge in [0.2, 0.25) is 0 Å². The number of nitro groups is 1. The number of hydrazone groups is 1. The van der Waals surface area contributed by atoms with Crippen molar-refractivity contribution in [3.63, 3.8) is 0 Å². The van der Waals surface area contributed by atoms with Gasteiger partial charge in [0.15, 0.2) is 0 Å². The van der Waals surface area contributed by atoms with Crippen LogP contribution < -0.4 is 4.83 Å².